The molecule has 2 aromatic carbocycles. The predicted octanol–water partition coefficient (Wildman–Crippen LogP) is 2.85. The van der Waals surface area contributed by atoms with Gasteiger partial charge in [0.25, 0.3) is 0 Å². The monoisotopic (exact) mass is 639 g/mol. The van der Waals surface area contributed by atoms with Crippen LogP contribution in [0, 0.1) is 0 Å². The van der Waals surface area contributed by atoms with Gasteiger partial charge in [0.15, 0.2) is 5.78 Å². The fraction of sp³-hybridized carbons (Fsp3) is 0.357. The van der Waals surface area contributed by atoms with E-state index in [1.807, 2.05) is 78.5 Å². The van der Waals surface area contributed by atoms with Gasteiger partial charge in [-0.3, -0.25) is 4.79 Å². The molecule has 10 heteroatoms. The van der Waals surface area contributed by atoms with E-state index in [9.17, 15) is 9.90 Å². The van der Waals surface area contributed by atoms with Crippen molar-refractivity contribution in [2.75, 3.05) is 63.3 Å². The molecule has 0 amide bonds. The van der Waals surface area contributed by atoms with Crippen molar-refractivity contribution in [2.45, 2.75) is 6.42 Å². The number of aliphatic imine (C=N–C) groups is 1. The SMILES string of the molecule is CN(C)c1ccc(/C=C/C(=O)/C=C/c2ccc(OCCCN(CC[S-])CC([O-])=NCC[S-])cc2)cc1.[O]=[99Tc+3]. The van der Waals surface area contributed by atoms with Crippen LogP contribution in [0.5, 0.6) is 5.75 Å². The second-order valence-electron chi connectivity index (χ2n) is 8.29. The van der Waals surface area contributed by atoms with Gasteiger partial charge < -0.3 is 49.9 Å². The fourth-order valence-electron chi connectivity index (χ4n) is 3.26. The van der Waals surface area contributed by atoms with Crippen molar-refractivity contribution >= 4 is 54.8 Å². The van der Waals surface area contributed by atoms with Gasteiger partial charge in [-0.15, -0.1) is 0 Å². The summed E-state index contributed by atoms with van der Waals surface area (Å²) < 4.78 is 14.0. The molecule has 0 fully saturated rings. The Labute approximate surface area is 247 Å². The molecule has 0 saturated carbocycles. The second kappa shape index (κ2) is 20.7. The van der Waals surface area contributed by atoms with Gasteiger partial charge in [-0.05, 0) is 66.4 Å². The Balaban J connectivity index is 0.00000352. The molecule has 0 aliphatic carbocycles. The van der Waals surface area contributed by atoms with E-state index in [1.165, 1.54) is 0 Å². The quantitative estimate of drug-likeness (QED) is 0.0913. The molecule has 0 atom stereocenters. The van der Waals surface area contributed by atoms with E-state index in [4.69, 9.17) is 33.5 Å². The summed E-state index contributed by atoms with van der Waals surface area (Å²) in [6.07, 6.45) is 7.48. The van der Waals surface area contributed by atoms with Crippen molar-refractivity contribution in [3.63, 3.8) is 0 Å². The summed E-state index contributed by atoms with van der Waals surface area (Å²) in [6.45, 7) is 2.56. The molecule has 0 aromatic heterocycles. The third-order valence-corrected chi connectivity index (χ3v) is 5.57. The molecule has 2 aromatic rings. The minimum absolute atomic E-state index is 0.0777. The number of carbonyl (C=O) groups excluding carboxylic acids is 1. The average Bonchev–Trinajstić information content (AvgIpc) is 2.94. The number of ether oxygens (including phenoxy) is 1. The topological polar surface area (TPSA) is 85.3 Å². The van der Waals surface area contributed by atoms with Crippen LogP contribution in [0.15, 0.2) is 65.7 Å². The molecule has 0 radical (unpaired) electrons. The number of allylic oxidation sites excluding steroid dienone is 2. The maximum atomic E-state index is 12.2. The van der Waals surface area contributed by atoms with Gasteiger partial charge in [-0.1, -0.05) is 36.4 Å². The molecule has 0 unspecified atom stereocenters. The van der Waals surface area contributed by atoms with Crippen LogP contribution < -0.4 is 14.7 Å². The second-order valence-corrected chi connectivity index (χ2v) is 9.10. The minimum atomic E-state index is -0.152. The van der Waals surface area contributed by atoms with Gasteiger partial charge in [0.2, 0.25) is 0 Å². The van der Waals surface area contributed by atoms with Gasteiger partial charge in [-0.25, -0.2) is 0 Å². The third-order valence-electron chi connectivity index (χ3n) is 5.20. The first kappa shape index (κ1) is 33.8. The maximum absolute atomic E-state index is 12.2. The predicted molar refractivity (Wildman–Crippen MR) is 154 cm³/mol. The third kappa shape index (κ3) is 14.6. The van der Waals surface area contributed by atoms with Crippen LogP contribution in [0.2, 0.25) is 0 Å². The van der Waals surface area contributed by atoms with E-state index in [0.717, 1.165) is 47.8 Å². The van der Waals surface area contributed by atoms with E-state index in [-0.39, 0.29) is 18.2 Å². The van der Waals surface area contributed by atoms with Gasteiger partial charge in [0.1, 0.15) is 5.75 Å². The first-order valence-corrected chi connectivity index (χ1v) is 14.0. The van der Waals surface area contributed by atoms with Gasteiger partial charge >= 0.3 is 22.4 Å². The Morgan fingerprint density at radius 2 is 1.53 bits per heavy atom. The van der Waals surface area contributed by atoms with Gasteiger partial charge in [0, 0.05) is 39.4 Å². The number of rotatable bonds is 16. The normalized spacial score (nSPS) is 11.5. The molecule has 0 heterocycles. The molecule has 0 spiro atoms. The zero-order valence-corrected chi connectivity index (χ0v) is 25.2. The fourth-order valence-corrected chi connectivity index (χ4v) is 3.61. The molecule has 2 rings (SSSR count). The zero-order valence-electron chi connectivity index (χ0n) is 21.8. The van der Waals surface area contributed by atoms with Crippen molar-refractivity contribution in [2.24, 2.45) is 4.99 Å². The molecule has 0 aliphatic heterocycles. The summed E-state index contributed by atoms with van der Waals surface area (Å²) in [5.74, 6) is 1.54. The number of hydrogen-bond acceptors (Lipinski definition) is 9. The summed E-state index contributed by atoms with van der Waals surface area (Å²) in [6, 6.07) is 15.6. The summed E-state index contributed by atoms with van der Waals surface area (Å²) in [4.78, 5) is 20.1. The Morgan fingerprint density at radius 1 is 0.947 bits per heavy atom. The Morgan fingerprint density at radius 3 is 2.05 bits per heavy atom. The number of nitrogens with zero attached hydrogens (tertiary/aromatic N) is 3. The molecular weight excluding hydrogens is 605 g/mol. The van der Waals surface area contributed by atoms with E-state index in [0.29, 0.717) is 37.7 Å². The Bertz CT molecular complexity index is 1030. The van der Waals surface area contributed by atoms with Crippen molar-refractivity contribution in [3.8, 4) is 5.75 Å². The summed E-state index contributed by atoms with van der Waals surface area (Å²) in [5.41, 5.74) is 3.00. The van der Waals surface area contributed by atoms with Crippen LogP contribution in [-0.2, 0) is 52.4 Å². The summed E-state index contributed by atoms with van der Waals surface area (Å²) in [7, 11) is 3.98. The van der Waals surface area contributed by atoms with Crippen molar-refractivity contribution in [1.82, 2.24) is 4.90 Å². The van der Waals surface area contributed by atoms with Crippen LogP contribution >= 0.6 is 0 Å². The van der Waals surface area contributed by atoms with Crippen molar-refractivity contribution in [1.29, 1.82) is 0 Å². The summed E-state index contributed by atoms with van der Waals surface area (Å²) in [5, 5.41) is 11.8. The molecule has 0 saturated heterocycles. The van der Waals surface area contributed by atoms with Crippen LogP contribution in [0.25, 0.3) is 12.2 Å². The van der Waals surface area contributed by atoms with E-state index < -0.39 is 0 Å². The standard InChI is InChI=1S/C28H37N3O3S2.O.Tc/c1-30(2)25-10-4-23(5-11-25)6-12-26(32)13-7-24-8-14-27(15-9-24)34-19-3-17-31(18-21-36)22-28(33)29-16-20-35;;/h4-15,35-36H,3,16-22H2,1-2H3,(H,29,33);;/q;;+3/p-3/b12-6+,13-7+;;/i;;1+1. The Kier molecular flexibility index (Phi) is 18.4. The number of carbonyl (C=O) groups is 1. The van der Waals surface area contributed by atoms with Crippen LogP contribution in [0.4, 0.5) is 5.69 Å². The van der Waals surface area contributed by atoms with E-state index >= 15 is 0 Å². The number of anilines is 1. The summed E-state index contributed by atoms with van der Waals surface area (Å²) >= 11 is 10.8. The first-order chi connectivity index (χ1) is 18.4. The van der Waals surface area contributed by atoms with Gasteiger partial charge in [0.05, 0.1) is 6.61 Å². The number of benzene rings is 2. The Hall–Kier alpha value is -2.23. The van der Waals surface area contributed by atoms with E-state index in [2.05, 4.69) is 4.99 Å². The molecule has 204 valence electrons. The van der Waals surface area contributed by atoms with Gasteiger partial charge in [-0.2, -0.15) is 11.5 Å². The van der Waals surface area contributed by atoms with E-state index in [1.54, 1.807) is 18.2 Å². The number of hydrogen-bond donors (Lipinski definition) is 0. The average molecular weight is 640 g/mol. The zero-order chi connectivity index (χ0) is 28.2. The molecular formula is C28H34N3O4S2Tc. The number of ketones is 1. The van der Waals surface area contributed by atoms with Crippen molar-refractivity contribution in [3.05, 3.63) is 71.8 Å². The molecule has 38 heavy (non-hydrogen) atoms. The van der Waals surface area contributed by atoms with Crippen LogP contribution in [0.1, 0.15) is 17.5 Å². The van der Waals surface area contributed by atoms with Crippen LogP contribution in [0.3, 0.4) is 0 Å². The molecule has 7 nitrogen and oxygen atoms in total. The molecule has 0 aliphatic rings. The van der Waals surface area contributed by atoms with Crippen LogP contribution in [-0.4, -0.2) is 75.0 Å². The van der Waals surface area contributed by atoms with Crippen molar-refractivity contribution < 1.29 is 37.0 Å². The molecule has 0 N–H and O–H groups in total. The first-order valence-electron chi connectivity index (χ1n) is 12.1. The molecule has 0 bridgehead atoms.